The van der Waals surface area contributed by atoms with Gasteiger partial charge in [0.25, 0.3) is 5.91 Å². The second-order valence-corrected chi connectivity index (χ2v) is 14.2. The molecule has 0 radical (unpaired) electrons. The third-order valence-electron chi connectivity index (χ3n) is 9.84. The van der Waals surface area contributed by atoms with Crippen LogP contribution in [0.3, 0.4) is 0 Å². The van der Waals surface area contributed by atoms with Gasteiger partial charge in [-0.25, -0.2) is 8.78 Å². The summed E-state index contributed by atoms with van der Waals surface area (Å²) in [4.78, 5) is 44.2. The van der Waals surface area contributed by atoms with Crippen LogP contribution >= 0.6 is 22.9 Å². The molecule has 3 aromatic rings. The Kier molecular flexibility index (Phi) is 11.1. The molecule has 1 amide bonds. The Bertz CT molecular complexity index is 1630. The minimum absolute atomic E-state index is 0.0857. The number of anilines is 1. The van der Waals surface area contributed by atoms with E-state index in [9.17, 15) is 18.8 Å². The van der Waals surface area contributed by atoms with Crippen LogP contribution in [0.4, 0.5) is 14.5 Å². The molecule has 0 bridgehead atoms. The van der Waals surface area contributed by atoms with E-state index >= 15 is 4.39 Å². The monoisotopic (exact) mass is 701 g/mol. The van der Waals surface area contributed by atoms with Crippen molar-refractivity contribution in [1.29, 1.82) is 0 Å². The summed E-state index contributed by atoms with van der Waals surface area (Å²) < 4.78 is 43.3. The Hall–Kier alpha value is -2.96. The lowest BCUT2D eigenvalue weighted by atomic mass is 9.87. The van der Waals surface area contributed by atoms with E-state index < -0.39 is 23.7 Å². The molecule has 3 heterocycles. The number of likely N-dealkylation sites (tertiary alicyclic amines) is 2. The Morgan fingerprint density at radius 1 is 1.00 bits per heavy atom. The van der Waals surface area contributed by atoms with Gasteiger partial charge in [-0.05, 0) is 82.1 Å². The van der Waals surface area contributed by atoms with Crippen LogP contribution in [0, 0.1) is 11.7 Å². The lowest BCUT2D eigenvalue weighted by Gasteiger charge is -2.51. The van der Waals surface area contributed by atoms with Crippen molar-refractivity contribution < 1.29 is 32.6 Å². The number of ether oxygens (including phenoxy) is 2. The molecular formula is C36H42ClF2N3O5S. The molecule has 258 valence electrons. The number of hydrogen-bond donors (Lipinski definition) is 1. The van der Waals surface area contributed by atoms with Gasteiger partial charge in [-0.3, -0.25) is 24.2 Å². The molecule has 2 aliphatic heterocycles. The summed E-state index contributed by atoms with van der Waals surface area (Å²) in [5.41, 5.74) is 0.658. The fourth-order valence-electron chi connectivity index (χ4n) is 7.30. The molecule has 48 heavy (non-hydrogen) atoms. The highest BCUT2D eigenvalue weighted by molar-refractivity contribution is 7.17. The predicted molar refractivity (Wildman–Crippen MR) is 183 cm³/mol. The number of ketones is 1. The number of fused-ring (bicyclic) bond motifs is 1. The number of Topliss-reactive ketones (excluding diaryl/α,β-unsaturated/α-hetero) is 1. The molecule has 1 atom stereocenters. The summed E-state index contributed by atoms with van der Waals surface area (Å²) >= 11 is 8.05. The van der Waals surface area contributed by atoms with Crippen LogP contribution in [0.2, 0.25) is 5.02 Å². The highest BCUT2D eigenvalue weighted by Gasteiger charge is 2.53. The summed E-state index contributed by atoms with van der Waals surface area (Å²) in [5.74, 6) is -3.36. The van der Waals surface area contributed by atoms with Gasteiger partial charge in [0, 0.05) is 48.1 Å². The number of carbonyl (C=O) groups excluding carboxylic acids is 3. The summed E-state index contributed by atoms with van der Waals surface area (Å²) in [6.07, 6.45) is 3.02. The predicted octanol–water partition coefficient (Wildman–Crippen LogP) is 7.38. The van der Waals surface area contributed by atoms with Crippen molar-refractivity contribution in [3.05, 3.63) is 63.7 Å². The van der Waals surface area contributed by atoms with Crippen molar-refractivity contribution in [1.82, 2.24) is 9.80 Å². The van der Waals surface area contributed by atoms with Crippen molar-refractivity contribution in [2.45, 2.75) is 82.8 Å². The number of nitrogens with one attached hydrogen (secondary N) is 1. The number of thiophene rings is 1. The first-order valence-electron chi connectivity index (χ1n) is 17.0. The van der Waals surface area contributed by atoms with E-state index in [-0.39, 0.29) is 59.3 Å². The highest BCUT2D eigenvalue weighted by Crippen LogP contribution is 2.38. The number of nitrogens with zero attached hydrogens (tertiary/aromatic N) is 2. The SMILES string of the molecule is CCOC(=O)C1CCC(OC(C(=O)Cc2cc(Cl)c(NC(=O)c3csc4ccccc34)cc2F)(N2CCCC2)N2CCC(F)CC2)CC1. The molecule has 2 saturated heterocycles. The number of rotatable bonds is 11. The molecule has 3 fully saturated rings. The van der Waals surface area contributed by atoms with Crippen LogP contribution < -0.4 is 5.32 Å². The second kappa shape index (κ2) is 15.3. The standard InChI is InChI=1S/C36H42ClF2N3O5S/c1-2-46-35(45)23-9-11-26(12-10-23)47-36(41-15-5-6-16-41,42-17-13-25(38)14-18-42)33(43)20-24-19-29(37)31(21-30(24)39)40-34(44)28-22-48-32-8-4-3-7-27(28)32/h3-4,7-8,19,21-23,25-26H,2,5-6,9-18,20H2,1H3,(H,40,44). The quantitative estimate of drug-likeness (QED) is 0.209. The number of halogens is 3. The number of esters is 1. The topological polar surface area (TPSA) is 88.2 Å². The van der Waals surface area contributed by atoms with Crippen LogP contribution in [0.25, 0.3) is 10.1 Å². The van der Waals surface area contributed by atoms with Crippen LogP contribution in [0.15, 0.2) is 41.8 Å². The molecule has 0 spiro atoms. The minimum Gasteiger partial charge on any atom is -0.466 e. The van der Waals surface area contributed by atoms with Gasteiger partial charge in [0.2, 0.25) is 5.85 Å². The smallest absolute Gasteiger partial charge is 0.308 e. The van der Waals surface area contributed by atoms with Crippen LogP contribution in [-0.2, 0) is 25.5 Å². The fraction of sp³-hybridized carbons (Fsp3) is 0.528. The molecule has 1 aliphatic carbocycles. The first-order valence-corrected chi connectivity index (χ1v) is 18.2. The number of hydrogen-bond acceptors (Lipinski definition) is 8. The van der Waals surface area contributed by atoms with E-state index in [1.807, 2.05) is 34.1 Å². The first kappa shape index (κ1) is 34.9. The summed E-state index contributed by atoms with van der Waals surface area (Å²) in [7, 11) is 0. The van der Waals surface area contributed by atoms with Crippen molar-refractivity contribution in [3.63, 3.8) is 0 Å². The number of amides is 1. The number of piperidine rings is 1. The lowest BCUT2D eigenvalue weighted by Crippen LogP contribution is -2.69. The summed E-state index contributed by atoms with van der Waals surface area (Å²) in [5, 5.41) is 5.39. The van der Waals surface area contributed by atoms with E-state index in [2.05, 4.69) is 5.32 Å². The molecular weight excluding hydrogens is 660 g/mol. The molecule has 8 nitrogen and oxygen atoms in total. The van der Waals surface area contributed by atoms with Gasteiger partial charge in [-0.15, -0.1) is 11.3 Å². The van der Waals surface area contributed by atoms with Gasteiger partial charge >= 0.3 is 5.97 Å². The fourth-order valence-corrected chi connectivity index (χ4v) is 8.47. The van der Waals surface area contributed by atoms with Crippen LogP contribution in [0.1, 0.15) is 74.2 Å². The number of benzene rings is 2. The maximum Gasteiger partial charge on any atom is 0.308 e. The zero-order chi connectivity index (χ0) is 33.8. The number of alkyl halides is 1. The van der Waals surface area contributed by atoms with E-state index in [1.54, 1.807) is 12.3 Å². The Morgan fingerprint density at radius 3 is 2.40 bits per heavy atom. The lowest BCUT2D eigenvalue weighted by molar-refractivity contribution is -0.260. The zero-order valence-electron chi connectivity index (χ0n) is 27.2. The third-order valence-corrected chi connectivity index (χ3v) is 11.1. The molecule has 1 unspecified atom stereocenters. The Balaban J connectivity index is 1.25. The maximum atomic E-state index is 15.8. The summed E-state index contributed by atoms with van der Waals surface area (Å²) in [6, 6.07) is 10.1. The second-order valence-electron chi connectivity index (χ2n) is 12.9. The van der Waals surface area contributed by atoms with Gasteiger partial charge in [0.1, 0.15) is 12.0 Å². The van der Waals surface area contributed by atoms with Crippen LogP contribution in [0.5, 0.6) is 0 Å². The van der Waals surface area contributed by atoms with Crippen molar-refractivity contribution >= 4 is 56.4 Å². The largest absolute Gasteiger partial charge is 0.466 e. The van der Waals surface area contributed by atoms with Gasteiger partial charge in [0.05, 0.1) is 34.9 Å². The third kappa shape index (κ3) is 7.31. The van der Waals surface area contributed by atoms with Crippen LogP contribution in [-0.4, -0.2) is 78.4 Å². The van der Waals surface area contributed by atoms with Crippen molar-refractivity contribution in [2.24, 2.45) is 5.92 Å². The zero-order valence-corrected chi connectivity index (χ0v) is 28.7. The maximum absolute atomic E-state index is 15.8. The molecule has 12 heteroatoms. The van der Waals surface area contributed by atoms with Gasteiger partial charge in [-0.1, -0.05) is 29.8 Å². The highest BCUT2D eigenvalue weighted by atomic mass is 35.5. The van der Waals surface area contributed by atoms with Gasteiger partial charge < -0.3 is 14.8 Å². The average molecular weight is 702 g/mol. The van der Waals surface area contributed by atoms with E-state index in [0.717, 1.165) is 29.0 Å². The van der Waals surface area contributed by atoms with E-state index in [4.69, 9.17) is 21.1 Å². The van der Waals surface area contributed by atoms with Crippen molar-refractivity contribution in [2.75, 3.05) is 38.1 Å². The van der Waals surface area contributed by atoms with E-state index in [0.29, 0.717) is 64.0 Å². The molecule has 2 aromatic carbocycles. The minimum atomic E-state index is -1.51. The molecule has 6 rings (SSSR count). The summed E-state index contributed by atoms with van der Waals surface area (Å²) in [6.45, 7) is 4.00. The first-order chi connectivity index (χ1) is 23.2. The van der Waals surface area contributed by atoms with E-state index in [1.165, 1.54) is 17.4 Å². The Labute approximate surface area is 288 Å². The molecule has 1 saturated carbocycles. The Morgan fingerprint density at radius 2 is 1.69 bits per heavy atom. The average Bonchev–Trinajstić information content (AvgIpc) is 3.78. The van der Waals surface area contributed by atoms with Gasteiger partial charge in [0.15, 0.2) is 5.78 Å². The normalized spacial score (nSPS) is 22.4. The number of carbonyl (C=O) groups is 3. The van der Waals surface area contributed by atoms with Crippen molar-refractivity contribution in [3.8, 4) is 0 Å². The molecule has 1 aromatic heterocycles. The molecule has 3 aliphatic rings. The molecule has 1 N–H and O–H groups in total. The van der Waals surface area contributed by atoms with Gasteiger partial charge in [-0.2, -0.15) is 0 Å².